The van der Waals surface area contributed by atoms with Crippen molar-refractivity contribution in [2.75, 3.05) is 23.4 Å². The zero-order chi connectivity index (χ0) is 22.5. The molecule has 2 aliphatic rings. The molecule has 0 bridgehead atoms. The fourth-order valence-electron chi connectivity index (χ4n) is 3.63. The number of nitrogens with one attached hydrogen (secondary N) is 1. The van der Waals surface area contributed by atoms with E-state index >= 15 is 0 Å². The Morgan fingerprint density at radius 1 is 1.27 bits per heavy atom. The monoisotopic (exact) mass is 458 g/mol. The standard InChI is InChI=1S/C19H21ClF6N2O2/c1-4-11-8-29-16-14(28(11)9-18(21,22)23)6-5-13-15(16)12(19(24,25)26)7-17(20,27-13)30-10(2)3/h5-7,10-11,27H,4,8-9H2,1-3H3/t11-,17?/m1/s1. The van der Waals surface area contributed by atoms with E-state index in [9.17, 15) is 26.3 Å². The molecule has 30 heavy (non-hydrogen) atoms. The topological polar surface area (TPSA) is 33.7 Å². The first kappa shape index (κ1) is 22.9. The second-order valence-electron chi connectivity index (χ2n) is 7.44. The molecule has 1 N–H and O–H groups in total. The van der Waals surface area contributed by atoms with Crippen LogP contribution in [0.4, 0.5) is 37.7 Å². The summed E-state index contributed by atoms with van der Waals surface area (Å²) < 4.78 is 92.2. The summed E-state index contributed by atoms with van der Waals surface area (Å²) in [5, 5.41) is 0.726. The van der Waals surface area contributed by atoms with Gasteiger partial charge in [0.2, 0.25) is 5.18 Å². The lowest BCUT2D eigenvalue weighted by Gasteiger charge is -2.41. The summed E-state index contributed by atoms with van der Waals surface area (Å²) >= 11 is 6.23. The van der Waals surface area contributed by atoms with E-state index in [0.29, 0.717) is 12.5 Å². The molecule has 2 aliphatic heterocycles. The molecule has 11 heteroatoms. The minimum atomic E-state index is -4.84. The maximum absolute atomic E-state index is 13.9. The number of nitrogens with zero attached hydrogens (tertiary/aromatic N) is 1. The lowest BCUT2D eigenvalue weighted by atomic mass is 9.95. The molecule has 1 unspecified atom stereocenters. The van der Waals surface area contributed by atoms with Crippen LogP contribution in [0.25, 0.3) is 5.57 Å². The summed E-state index contributed by atoms with van der Waals surface area (Å²) in [5.41, 5.74) is -1.61. The molecule has 4 nitrogen and oxygen atoms in total. The van der Waals surface area contributed by atoms with Gasteiger partial charge in [0, 0.05) is 5.69 Å². The van der Waals surface area contributed by atoms with Crippen LogP contribution in [0.1, 0.15) is 32.8 Å². The Balaban J connectivity index is 2.17. The van der Waals surface area contributed by atoms with Crippen LogP contribution in [0.3, 0.4) is 0 Å². The molecule has 0 amide bonds. The highest BCUT2D eigenvalue weighted by Crippen LogP contribution is 2.52. The average Bonchev–Trinajstić information content (AvgIpc) is 2.57. The van der Waals surface area contributed by atoms with Crippen LogP contribution in [0.5, 0.6) is 5.75 Å². The summed E-state index contributed by atoms with van der Waals surface area (Å²) in [4.78, 5) is 1.04. The highest BCUT2D eigenvalue weighted by Gasteiger charge is 2.47. The van der Waals surface area contributed by atoms with E-state index < -0.39 is 41.8 Å². The van der Waals surface area contributed by atoms with Crippen molar-refractivity contribution in [3.8, 4) is 5.75 Å². The van der Waals surface area contributed by atoms with Gasteiger partial charge in [-0.25, -0.2) is 0 Å². The van der Waals surface area contributed by atoms with Crippen LogP contribution < -0.4 is 15.0 Å². The van der Waals surface area contributed by atoms with E-state index in [1.165, 1.54) is 12.1 Å². The molecule has 0 radical (unpaired) electrons. The van der Waals surface area contributed by atoms with Gasteiger partial charge in [0.1, 0.15) is 13.2 Å². The highest BCUT2D eigenvalue weighted by molar-refractivity contribution is 6.26. The van der Waals surface area contributed by atoms with Gasteiger partial charge in [0.05, 0.1) is 29.0 Å². The third kappa shape index (κ3) is 4.59. The number of hydrogen-bond donors (Lipinski definition) is 1. The molecule has 2 heterocycles. The normalized spacial score (nSPS) is 24.0. The Kier molecular flexibility index (Phi) is 5.87. The lowest BCUT2D eigenvalue weighted by Crippen LogP contribution is -2.48. The SMILES string of the molecule is CC[C@@H]1COc2c(ccc3c2C(C(F)(F)F)=CC(Cl)(OC(C)C)N3)N1CC(F)(F)F. The van der Waals surface area contributed by atoms with Crippen LogP contribution in [-0.2, 0) is 4.74 Å². The van der Waals surface area contributed by atoms with E-state index in [0.717, 1.165) is 4.90 Å². The molecule has 1 aromatic rings. The van der Waals surface area contributed by atoms with Gasteiger partial charge in [-0.05, 0) is 38.5 Å². The summed E-state index contributed by atoms with van der Waals surface area (Å²) in [6.07, 6.45) is -8.86. The number of ether oxygens (including phenoxy) is 2. The molecule has 3 rings (SSSR count). The molecule has 0 spiro atoms. The van der Waals surface area contributed by atoms with E-state index in [4.69, 9.17) is 21.1 Å². The molecule has 0 saturated carbocycles. The first-order chi connectivity index (χ1) is 13.7. The van der Waals surface area contributed by atoms with E-state index in [1.54, 1.807) is 20.8 Å². The van der Waals surface area contributed by atoms with Gasteiger partial charge in [-0.2, -0.15) is 26.3 Å². The van der Waals surface area contributed by atoms with Crippen LogP contribution in [0, 0.1) is 0 Å². The van der Waals surface area contributed by atoms with Crippen LogP contribution in [0.2, 0.25) is 0 Å². The summed E-state index contributed by atoms with van der Waals surface area (Å²) in [7, 11) is 0. The Bertz CT molecular complexity index is 840. The van der Waals surface area contributed by atoms with Gasteiger partial charge in [0.15, 0.2) is 5.75 Å². The summed E-state index contributed by atoms with van der Waals surface area (Å²) in [6, 6.07) is 1.95. The van der Waals surface area contributed by atoms with Gasteiger partial charge >= 0.3 is 12.4 Å². The quantitative estimate of drug-likeness (QED) is 0.345. The minimum absolute atomic E-state index is 0.0406. The van der Waals surface area contributed by atoms with E-state index in [-0.39, 0.29) is 29.3 Å². The van der Waals surface area contributed by atoms with Gasteiger partial charge in [-0.15, -0.1) is 0 Å². The fourth-order valence-corrected chi connectivity index (χ4v) is 4.02. The van der Waals surface area contributed by atoms with Crippen LogP contribution in [-0.4, -0.2) is 42.8 Å². The number of allylic oxidation sites excluding steroid dienone is 1. The third-order valence-electron chi connectivity index (χ3n) is 4.75. The number of benzene rings is 1. The number of alkyl halides is 7. The predicted molar refractivity (Wildman–Crippen MR) is 102 cm³/mol. The van der Waals surface area contributed by atoms with Crippen molar-refractivity contribution in [2.45, 2.75) is 56.9 Å². The zero-order valence-corrected chi connectivity index (χ0v) is 17.2. The average molecular weight is 459 g/mol. The Labute approximate surface area is 174 Å². The Morgan fingerprint density at radius 3 is 2.47 bits per heavy atom. The Hall–Kier alpha value is -1.81. The second kappa shape index (κ2) is 7.71. The largest absolute Gasteiger partial charge is 0.489 e. The molecule has 0 aromatic heterocycles. The van der Waals surface area contributed by atoms with Crippen molar-refractivity contribution < 1.29 is 35.8 Å². The lowest BCUT2D eigenvalue weighted by molar-refractivity contribution is -0.121. The summed E-state index contributed by atoms with van der Waals surface area (Å²) in [6.45, 7) is 3.44. The smallest absolute Gasteiger partial charge is 0.417 e. The van der Waals surface area contributed by atoms with Gasteiger partial charge < -0.3 is 19.7 Å². The fraction of sp³-hybridized carbons (Fsp3) is 0.579. The zero-order valence-electron chi connectivity index (χ0n) is 16.4. The number of hydrogen-bond acceptors (Lipinski definition) is 4. The van der Waals surface area contributed by atoms with E-state index in [1.807, 2.05) is 0 Å². The highest BCUT2D eigenvalue weighted by atomic mass is 35.5. The summed E-state index contributed by atoms with van der Waals surface area (Å²) in [5.74, 6) is -0.263. The number of fused-ring (bicyclic) bond motifs is 3. The van der Waals surface area contributed by atoms with E-state index in [2.05, 4.69) is 5.32 Å². The second-order valence-corrected chi connectivity index (χ2v) is 8.01. The van der Waals surface area contributed by atoms with Gasteiger partial charge in [-0.3, -0.25) is 0 Å². The molecule has 0 aliphatic carbocycles. The van der Waals surface area contributed by atoms with Crippen molar-refractivity contribution in [1.82, 2.24) is 0 Å². The van der Waals surface area contributed by atoms with Crippen molar-refractivity contribution in [2.24, 2.45) is 0 Å². The molecule has 1 aromatic carbocycles. The van der Waals surface area contributed by atoms with Crippen LogP contribution in [0.15, 0.2) is 18.2 Å². The minimum Gasteiger partial charge on any atom is -0.489 e. The molecular formula is C19H21ClF6N2O2. The number of anilines is 2. The Morgan fingerprint density at radius 2 is 1.93 bits per heavy atom. The first-order valence-electron chi connectivity index (χ1n) is 9.32. The predicted octanol–water partition coefficient (Wildman–Crippen LogP) is 5.92. The number of halogens is 7. The van der Waals surface area contributed by atoms with Crippen molar-refractivity contribution in [1.29, 1.82) is 0 Å². The van der Waals surface area contributed by atoms with Crippen molar-refractivity contribution in [3.05, 3.63) is 23.8 Å². The molecule has 0 fully saturated rings. The van der Waals surface area contributed by atoms with Crippen LogP contribution >= 0.6 is 11.6 Å². The number of rotatable bonds is 4. The van der Waals surface area contributed by atoms with Crippen molar-refractivity contribution >= 4 is 28.5 Å². The van der Waals surface area contributed by atoms with Crippen molar-refractivity contribution in [3.63, 3.8) is 0 Å². The molecule has 0 saturated heterocycles. The van der Waals surface area contributed by atoms with Gasteiger partial charge in [-0.1, -0.05) is 18.5 Å². The van der Waals surface area contributed by atoms with Gasteiger partial charge in [0.25, 0.3) is 0 Å². The maximum Gasteiger partial charge on any atom is 0.417 e. The third-order valence-corrected chi connectivity index (χ3v) is 5.04. The molecule has 2 atom stereocenters. The first-order valence-corrected chi connectivity index (χ1v) is 9.70. The molecular weight excluding hydrogens is 438 g/mol. The molecule has 168 valence electrons. The maximum atomic E-state index is 13.9.